The predicted octanol–water partition coefficient (Wildman–Crippen LogP) is 3.73. The maximum Gasteiger partial charge on any atom is 0.244 e. The molecule has 0 aliphatic carbocycles. The minimum Gasteiger partial charge on any atom is -0.497 e. The molecule has 0 aromatic heterocycles. The first-order chi connectivity index (χ1) is 16.3. The Hall–Kier alpha value is -2.56. The number of hydrogen-bond donors (Lipinski definition) is 1. The summed E-state index contributed by atoms with van der Waals surface area (Å²) in [5.41, 5.74) is 1.04. The summed E-state index contributed by atoms with van der Waals surface area (Å²) < 4.78 is 33.1. The van der Waals surface area contributed by atoms with Gasteiger partial charge in [0.05, 0.1) is 17.7 Å². The van der Waals surface area contributed by atoms with Gasteiger partial charge >= 0.3 is 0 Å². The Labute approximate surface area is 204 Å². The molecule has 2 aromatic carbocycles. The molecule has 10 heteroatoms. The van der Waals surface area contributed by atoms with Crippen molar-refractivity contribution in [3.8, 4) is 5.75 Å². The number of amides is 2. The number of sulfonamides is 1. The summed E-state index contributed by atoms with van der Waals surface area (Å²) >= 11 is 1.51. The normalized spacial score (nSPS) is 19.3. The maximum atomic E-state index is 13.3. The number of nitrogens with zero attached hydrogens (tertiary/aromatic N) is 2. The number of rotatable bonds is 6. The molecule has 1 fully saturated rings. The van der Waals surface area contributed by atoms with Gasteiger partial charge in [-0.25, -0.2) is 8.42 Å². The van der Waals surface area contributed by atoms with Crippen molar-refractivity contribution in [3.63, 3.8) is 0 Å². The Kier molecular flexibility index (Phi) is 7.49. The van der Waals surface area contributed by atoms with Gasteiger partial charge in [-0.05, 0) is 55.3 Å². The molecule has 0 bridgehead atoms. The van der Waals surface area contributed by atoms with Gasteiger partial charge in [0.15, 0.2) is 0 Å². The zero-order chi connectivity index (χ0) is 24.3. The summed E-state index contributed by atoms with van der Waals surface area (Å²) in [5.74, 6) is 0.0903. The fourth-order valence-corrected chi connectivity index (χ4v) is 6.80. The predicted molar refractivity (Wildman–Crippen MR) is 133 cm³/mol. The zero-order valence-corrected chi connectivity index (χ0v) is 21.0. The molecule has 1 N–H and O–H groups in total. The highest BCUT2D eigenvalue weighted by Crippen LogP contribution is 2.39. The summed E-state index contributed by atoms with van der Waals surface area (Å²) in [5, 5.41) is 2.80. The number of fused-ring (bicyclic) bond motifs is 1. The Morgan fingerprint density at radius 1 is 1.12 bits per heavy atom. The van der Waals surface area contributed by atoms with Crippen LogP contribution in [-0.2, 0) is 19.6 Å². The van der Waals surface area contributed by atoms with E-state index in [0.29, 0.717) is 30.2 Å². The highest BCUT2D eigenvalue weighted by atomic mass is 32.2. The van der Waals surface area contributed by atoms with Crippen LogP contribution in [0.2, 0.25) is 0 Å². The number of hydrogen-bond acceptors (Lipinski definition) is 6. The third-order valence-corrected chi connectivity index (χ3v) is 9.00. The van der Waals surface area contributed by atoms with Crippen molar-refractivity contribution in [2.24, 2.45) is 0 Å². The number of thioether (sulfide) groups is 1. The number of piperidine rings is 1. The van der Waals surface area contributed by atoms with Crippen LogP contribution in [0.1, 0.15) is 32.6 Å². The first-order valence-corrected chi connectivity index (χ1v) is 13.6. The quantitative estimate of drug-likeness (QED) is 0.645. The molecule has 182 valence electrons. The summed E-state index contributed by atoms with van der Waals surface area (Å²) in [6, 6.07) is 11.8. The SMILES string of the molecule is COc1ccc(NC(=O)CN2C(=O)C[C@H](C)Sc3ccc(S(=O)(=O)N4CCCCC4)cc32)cc1. The number of nitrogens with one attached hydrogen (secondary N) is 1. The van der Waals surface area contributed by atoms with Gasteiger partial charge in [-0.3, -0.25) is 9.59 Å². The minimum absolute atomic E-state index is 0.00505. The van der Waals surface area contributed by atoms with Gasteiger partial charge in [0, 0.05) is 35.3 Å². The summed E-state index contributed by atoms with van der Waals surface area (Å²) in [6.07, 6.45) is 2.96. The second-order valence-electron chi connectivity index (χ2n) is 8.48. The molecule has 2 aliphatic rings. The van der Waals surface area contributed by atoms with Gasteiger partial charge in [0.2, 0.25) is 21.8 Å². The minimum atomic E-state index is -3.67. The van der Waals surface area contributed by atoms with Gasteiger partial charge in [-0.15, -0.1) is 11.8 Å². The average molecular weight is 504 g/mol. The van der Waals surface area contributed by atoms with Crippen molar-refractivity contribution in [2.75, 3.05) is 37.0 Å². The van der Waals surface area contributed by atoms with Gasteiger partial charge in [0.1, 0.15) is 12.3 Å². The zero-order valence-electron chi connectivity index (χ0n) is 19.3. The largest absolute Gasteiger partial charge is 0.497 e. The van der Waals surface area contributed by atoms with Crippen LogP contribution in [0.3, 0.4) is 0 Å². The molecule has 0 spiro atoms. The molecular weight excluding hydrogens is 474 g/mol. The lowest BCUT2D eigenvalue weighted by molar-refractivity contribution is -0.121. The third-order valence-electron chi connectivity index (χ3n) is 5.94. The molecule has 1 atom stereocenters. The number of ether oxygens (including phenoxy) is 1. The van der Waals surface area contributed by atoms with Crippen LogP contribution in [0.25, 0.3) is 0 Å². The van der Waals surface area contributed by atoms with Crippen molar-refractivity contribution >= 4 is 45.0 Å². The van der Waals surface area contributed by atoms with E-state index in [2.05, 4.69) is 5.32 Å². The molecular formula is C24H29N3O5S2. The molecule has 2 heterocycles. The monoisotopic (exact) mass is 503 g/mol. The van der Waals surface area contributed by atoms with Crippen LogP contribution in [0, 0.1) is 0 Å². The van der Waals surface area contributed by atoms with E-state index >= 15 is 0 Å². The number of anilines is 2. The number of benzene rings is 2. The Morgan fingerprint density at radius 3 is 2.50 bits per heavy atom. The van der Waals surface area contributed by atoms with E-state index in [9.17, 15) is 18.0 Å². The van der Waals surface area contributed by atoms with Crippen LogP contribution in [-0.4, -0.2) is 56.5 Å². The van der Waals surface area contributed by atoms with E-state index in [1.54, 1.807) is 49.6 Å². The topological polar surface area (TPSA) is 96.0 Å². The average Bonchev–Trinajstić information content (AvgIpc) is 2.94. The highest BCUT2D eigenvalue weighted by molar-refractivity contribution is 8.00. The second-order valence-corrected chi connectivity index (χ2v) is 11.9. The number of methoxy groups -OCH3 is 1. The molecule has 0 radical (unpaired) electrons. The van der Waals surface area contributed by atoms with Gasteiger partial charge in [0.25, 0.3) is 0 Å². The highest BCUT2D eigenvalue weighted by Gasteiger charge is 2.31. The lowest BCUT2D eigenvalue weighted by Gasteiger charge is -2.27. The van der Waals surface area contributed by atoms with E-state index in [1.165, 1.54) is 21.0 Å². The van der Waals surface area contributed by atoms with Crippen molar-refractivity contribution in [2.45, 2.75) is 47.6 Å². The number of carbonyl (C=O) groups excluding carboxylic acids is 2. The molecule has 4 rings (SSSR count). The van der Waals surface area contributed by atoms with Crippen LogP contribution in [0.5, 0.6) is 5.75 Å². The summed E-state index contributed by atoms with van der Waals surface area (Å²) in [6.45, 7) is 2.74. The van der Waals surface area contributed by atoms with E-state index in [0.717, 1.165) is 24.2 Å². The van der Waals surface area contributed by atoms with Crippen molar-refractivity contribution in [1.82, 2.24) is 4.31 Å². The molecule has 2 amide bonds. The first kappa shape index (κ1) is 24.6. The maximum absolute atomic E-state index is 13.3. The third kappa shape index (κ3) is 5.39. The fourth-order valence-electron chi connectivity index (χ4n) is 4.16. The van der Waals surface area contributed by atoms with E-state index in [4.69, 9.17) is 4.74 Å². The van der Waals surface area contributed by atoms with Crippen molar-refractivity contribution in [3.05, 3.63) is 42.5 Å². The van der Waals surface area contributed by atoms with Crippen molar-refractivity contribution < 1.29 is 22.7 Å². The molecule has 0 unspecified atom stereocenters. The lowest BCUT2D eigenvalue weighted by Crippen LogP contribution is -2.39. The van der Waals surface area contributed by atoms with Crippen LogP contribution in [0.4, 0.5) is 11.4 Å². The van der Waals surface area contributed by atoms with Crippen molar-refractivity contribution in [1.29, 1.82) is 0 Å². The van der Waals surface area contributed by atoms with Gasteiger partial charge in [-0.2, -0.15) is 4.31 Å². The molecule has 2 aromatic rings. The van der Waals surface area contributed by atoms with E-state index in [1.807, 2.05) is 6.92 Å². The molecule has 0 saturated carbocycles. The number of carbonyl (C=O) groups is 2. The van der Waals surface area contributed by atoms with E-state index < -0.39 is 10.0 Å². The summed E-state index contributed by atoms with van der Waals surface area (Å²) in [7, 11) is -2.11. The Bertz CT molecular complexity index is 1160. The standard InChI is InChI=1S/C24H29N3O5S2/c1-17-14-24(29)27(16-23(28)25-18-6-8-19(32-2)9-7-18)21-15-20(10-11-22(21)33-17)34(30,31)26-12-4-3-5-13-26/h6-11,15,17H,3-5,12-14,16H2,1-2H3,(H,25,28)/t17-/m0/s1. The smallest absolute Gasteiger partial charge is 0.244 e. The molecule has 2 aliphatic heterocycles. The van der Waals surface area contributed by atoms with Gasteiger partial charge in [-0.1, -0.05) is 13.3 Å². The Balaban J connectivity index is 1.61. The molecule has 34 heavy (non-hydrogen) atoms. The van der Waals surface area contributed by atoms with Gasteiger partial charge < -0.3 is 15.0 Å². The molecule has 1 saturated heterocycles. The first-order valence-electron chi connectivity index (χ1n) is 11.3. The Morgan fingerprint density at radius 2 is 1.82 bits per heavy atom. The van der Waals surface area contributed by atoms with Crippen LogP contribution >= 0.6 is 11.8 Å². The van der Waals surface area contributed by atoms with Crippen LogP contribution < -0.4 is 15.0 Å². The second kappa shape index (κ2) is 10.4. The van der Waals surface area contributed by atoms with Crippen LogP contribution in [0.15, 0.2) is 52.3 Å². The summed E-state index contributed by atoms with van der Waals surface area (Å²) in [4.78, 5) is 28.3. The van der Waals surface area contributed by atoms with E-state index in [-0.39, 0.29) is 34.9 Å². The fraction of sp³-hybridized carbons (Fsp3) is 0.417. The molecule has 8 nitrogen and oxygen atoms in total. The lowest BCUT2D eigenvalue weighted by atomic mass is 10.2.